The summed E-state index contributed by atoms with van der Waals surface area (Å²) in [6.07, 6.45) is 5.99. The molecule has 5 rings (SSSR count). The van der Waals surface area contributed by atoms with Crippen molar-refractivity contribution in [3.05, 3.63) is 60.9 Å². The number of hydrogen-bond acceptors (Lipinski definition) is 4. The molecule has 0 unspecified atom stereocenters. The van der Waals surface area contributed by atoms with Gasteiger partial charge in [0.05, 0.1) is 5.56 Å². The van der Waals surface area contributed by atoms with Gasteiger partial charge in [-0.3, -0.25) is 4.98 Å². The summed E-state index contributed by atoms with van der Waals surface area (Å²) in [4.78, 5) is 4.26. The number of fused-ring (bicyclic) bond motifs is 2. The molecule has 130 valence electrons. The molecule has 2 aromatic heterocycles. The molecule has 4 heteroatoms. The number of ether oxygens (including phenoxy) is 1. The Morgan fingerprint density at radius 3 is 2.77 bits per heavy atom. The molecule has 1 aliphatic heterocycles. The van der Waals surface area contributed by atoms with E-state index in [2.05, 4.69) is 34.6 Å². The second kappa shape index (κ2) is 6.46. The molecule has 1 N–H and O–H groups in total. The van der Waals surface area contributed by atoms with Crippen LogP contribution in [-0.2, 0) is 0 Å². The lowest BCUT2D eigenvalue weighted by molar-refractivity contribution is 0.163. The minimum absolute atomic E-state index is 0.235. The maximum Gasteiger partial charge on any atom is 0.139 e. The van der Waals surface area contributed by atoms with E-state index < -0.39 is 0 Å². The summed E-state index contributed by atoms with van der Waals surface area (Å²) in [5.41, 5.74) is 1.90. The van der Waals surface area contributed by atoms with Crippen molar-refractivity contribution < 1.29 is 9.15 Å². The molecule has 0 atom stereocenters. The van der Waals surface area contributed by atoms with Gasteiger partial charge in [0.15, 0.2) is 0 Å². The van der Waals surface area contributed by atoms with Crippen LogP contribution in [0.5, 0.6) is 5.75 Å². The maximum atomic E-state index is 6.42. The SMILES string of the molecule is c1ccc2oc(-c3c(OC4CCNCC4)ccc4cnccc34)cc2c1. The number of nitrogens with one attached hydrogen (secondary N) is 1. The van der Waals surface area contributed by atoms with Crippen molar-refractivity contribution >= 4 is 21.7 Å². The van der Waals surface area contributed by atoms with Crippen LogP contribution in [0.2, 0.25) is 0 Å². The van der Waals surface area contributed by atoms with Crippen LogP contribution in [0, 0.1) is 0 Å². The number of piperidine rings is 1. The lowest BCUT2D eigenvalue weighted by atomic mass is 10.0. The third kappa shape index (κ3) is 2.72. The van der Waals surface area contributed by atoms with Crippen molar-refractivity contribution in [2.24, 2.45) is 0 Å². The molecule has 0 aliphatic carbocycles. The average Bonchev–Trinajstić information content (AvgIpc) is 3.12. The monoisotopic (exact) mass is 344 g/mol. The second-order valence-corrected chi connectivity index (χ2v) is 6.75. The lowest BCUT2D eigenvalue weighted by Gasteiger charge is -2.25. The number of pyridine rings is 1. The van der Waals surface area contributed by atoms with Crippen molar-refractivity contribution in [2.75, 3.05) is 13.1 Å². The predicted molar refractivity (Wildman–Crippen MR) is 103 cm³/mol. The standard InChI is InChI=1S/C22H20N2O2/c1-2-4-19-15(3-1)13-21(26-19)22-18-9-12-24-14-16(18)5-6-20(22)25-17-7-10-23-11-8-17/h1-6,9,12-14,17,23H,7-8,10-11H2. The second-order valence-electron chi connectivity index (χ2n) is 6.75. The van der Waals surface area contributed by atoms with E-state index in [0.29, 0.717) is 0 Å². The molecule has 4 nitrogen and oxygen atoms in total. The number of benzene rings is 2. The Morgan fingerprint density at radius 1 is 1.00 bits per heavy atom. The number of furan rings is 1. The van der Waals surface area contributed by atoms with E-state index in [1.165, 1.54) is 0 Å². The lowest BCUT2D eigenvalue weighted by Crippen LogP contribution is -2.34. The number of nitrogens with zero attached hydrogens (tertiary/aromatic N) is 1. The molecule has 0 spiro atoms. The van der Waals surface area contributed by atoms with E-state index in [9.17, 15) is 0 Å². The molecule has 0 radical (unpaired) electrons. The van der Waals surface area contributed by atoms with E-state index in [4.69, 9.17) is 9.15 Å². The van der Waals surface area contributed by atoms with Gasteiger partial charge in [-0.25, -0.2) is 0 Å². The van der Waals surface area contributed by atoms with E-state index in [1.807, 2.05) is 36.7 Å². The van der Waals surface area contributed by atoms with Crippen LogP contribution in [0.25, 0.3) is 33.1 Å². The van der Waals surface area contributed by atoms with Crippen molar-refractivity contribution in [3.8, 4) is 17.1 Å². The normalized spacial score (nSPS) is 15.5. The summed E-state index contributed by atoms with van der Waals surface area (Å²) in [5, 5.41) is 6.67. The van der Waals surface area contributed by atoms with Crippen molar-refractivity contribution in [2.45, 2.75) is 18.9 Å². The van der Waals surface area contributed by atoms with Crippen LogP contribution >= 0.6 is 0 Å². The van der Waals surface area contributed by atoms with Crippen molar-refractivity contribution in [1.82, 2.24) is 10.3 Å². The molecule has 26 heavy (non-hydrogen) atoms. The quantitative estimate of drug-likeness (QED) is 0.581. The first-order chi connectivity index (χ1) is 12.9. The molecule has 1 fully saturated rings. The Bertz CT molecular complexity index is 1030. The van der Waals surface area contributed by atoms with Gasteiger partial charge >= 0.3 is 0 Å². The number of rotatable bonds is 3. The van der Waals surface area contributed by atoms with Crippen molar-refractivity contribution in [3.63, 3.8) is 0 Å². The van der Waals surface area contributed by atoms with Crippen LogP contribution in [0.3, 0.4) is 0 Å². The summed E-state index contributed by atoms with van der Waals surface area (Å²) in [7, 11) is 0. The zero-order chi connectivity index (χ0) is 17.3. The molecular weight excluding hydrogens is 324 g/mol. The van der Waals surface area contributed by atoms with E-state index in [-0.39, 0.29) is 6.10 Å². The molecule has 1 aliphatic rings. The zero-order valence-corrected chi connectivity index (χ0v) is 14.4. The van der Waals surface area contributed by atoms with Crippen LogP contribution in [0.4, 0.5) is 0 Å². The smallest absolute Gasteiger partial charge is 0.139 e. The van der Waals surface area contributed by atoms with Gasteiger partial charge in [-0.1, -0.05) is 18.2 Å². The highest BCUT2D eigenvalue weighted by molar-refractivity contribution is 6.00. The summed E-state index contributed by atoms with van der Waals surface area (Å²) >= 11 is 0. The highest BCUT2D eigenvalue weighted by Crippen LogP contribution is 2.40. The summed E-state index contributed by atoms with van der Waals surface area (Å²) in [6.45, 7) is 2.00. The van der Waals surface area contributed by atoms with Gasteiger partial charge in [-0.15, -0.1) is 0 Å². The summed E-state index contributed by atoms with van der Waals surface area (Å²) < 4.78 is 12.6. The molecule has 0 bridgehead atoms. The number of hydrogen-bond donors (Lipinski definition) is 1. The minimum atomic E-state index is 0.235. The van der Waals surface area contributed by atoms with Crippen LogP contribution < -0.4 is 10.1 Å². The number of para-hydroxylation sites is 1. The molecule has 3 heterocycles. The third-order valence-corrected chi connectivity index (χ3v) is 5.03. The Balaban J connectivity index is 1.68. The third-order valence-electron chi connectivity index (χ3n) is 5.03. The largest absolute Gasteiger partial charge is 0.490 e. The molecule has 1 saturated heterocycles. The Labute approximate surface area is 151 Å². The molecule has 0 saturated carbocycles. The van der Waals surface area contributed by atoms with E-state index in [1.54, 1.807) is 0 Å². The fourth-order valence-corrected chi connectivity index (χ4v) is 3.70. The topological polar surface area (TPSA) is 47.3 Å². The van der Waals surface area contributed by atoms with Crippen LogP contribution in [0.1, 0.15) is 12.8 Å². The first-order valence-electron chi connectivity index (χ1n) is 9.11. The summed E-state index contributed by atoms with van der Waals surface area (Å²) in [5.74, 6) is 1.72. The van der Waals surface area contributed by atoms with Gasteiger partial charge in [-0.05, 0) is 61.6 Å². The molecule has 4 aromatic rings. The highest BCUT2D eigenvalue weighted by Gasteiger charge is 2.20. The average molecular weight is 344 g/mol. The van der Waals surface area contributed by atoms with Gasteiger partial charge in [-0.2, -0.15) is 0 Å². The van der Waals surface area contributed by atoms with Crippen LogP contribution in [-0.4, -0.2) is 24.2 Å². The Kier molecular flexibility index (Phi) is 3.83. The first-order valence-corrected chi connectivity index (χ1v) is 9.11. The fourth-order valence-electron chi connectivity index (χ4n) is 3.70. The number of aromatic nitrogens is 1. The molecule has 2 aromatic carbocycles. The zero-order valence-electron chi connectivity index (χ0n) is 14.4. The minimum Gasteiger partial charge on any atom is -0.490 e. The fraction of sp³-hybridized carbons (Fsp3) is 0.227. The molecular formula is C22H20N2O2. The Morgan fingerprint density at radius 2 is 1.88 bits per heavy atom. The predicted octanol–water partition coefficient (Wildman–Crippen LogP) is 4.78. The Hall–Kier alpha value is -2.85. The van der Waals surface area contributed by atoms with Gasteiger partial charge in [0.25, 0.3) is 0 Å². The van der Waals surface area contributed by atoms with Gasteiger partial charge in [0.1, 0.15) is 23.2 Å². The maximum absolute atomic E-state index is 6.42. The van der Waals surface area contributed by atoms with Gasteiger partial charge in [0, 0.05) is 23.2 Å². The highest BCUT2D eigenvalue weighted by atomic mass is 16.5. The van der Waals surface area contributed by atoms with E-state index in [0.717, 1.165) is 64.7 Å². The van der Waals surface area contributed by atoms with Crippen molar-refractivity contribution in [1.29, 1.82) is 0 Å². The van der Waals surface area contributed by atoms with E-state index >= 15 is 0 Å². The van der Waals surface area contributed by atoms with Crippen LogP contribution in [0.15, 0.2) is 65.3 Å². The van der Waals surface area contributed by atoms with Gasteiger partial charge in [0.2, 0.25) is 0 Å². The first kappa shape index (κ1) is 15.4. The van der Waals surface area contributed by atoms with Gasteiger partial charge < -0.3 is 14.5 Å². The molecule has 0 amide bonds. The summed E-state index contributed by atoms with van der Waals surface area (Å²) in [6, 6.07) is 16.4.